The highest BCUT2D eigenvalue weighted by Crippen LogP contribution is 2.21. The van der Waals surface area contributed by atoms with Crippen molar-refractivity contribution in [1.29, 1.82) is 0 Å². The van der Waals surface area contributed by atoms with E-state index in [-0.39, 0.29) is 11.7 Å². The highest BCUT2D eigenvalue weighted by Gasteiger charge is 2.23. The predicted molar refractivity (Wildman–Crippen MR) is 117 cm³/mol. The zero-order chi connectivity index (χ0) is 20.6. The van der Waals surface area contributed by atoms with Crippen molar-refractivity contribution in [3.63, 3.8) is 0 Å². The summed E-state index contributed by atoms with van der Waals surface area (Å²) in [6, 6.07) is 2.58. The van der Waals surface area contributed by atoms with Crippen LogP contribution in [0.3, 0.4) is 0 Å². The second-order valence-electron chi connectivity index (χ2n) is 7.40. The van der Waals surface area contributed by atoms with Gasteiger partial charge in [-0.25, -0.2) is 4.98 Å². The van der Waals surface area contributed by atoms with E-state index in [1.54, 1.807) is 23.9 Å². The lowest BCUT2D eigenvalue weighted by atomic mass is 10.0. The third-order valence-electron chi connectivity index (χ3n) is 4.89. The van der Waals surface area contributed by atoms with Crippen LogP contribution in [-0.2, 0) is 11.3 Å². The van der Waals surface area contributed by atoms with Crippen molar-refractivity contribution in [2.45, 2.75) is 38.8 Å². The van der Waals surface area contributed by atoms with E-state index >= 15 is 0 Å². The van der Waals surface area contributed by atoms with Gasteiger partial charge in [0, 0.05) is 18.5 Å². The minimum Gasteiger partial charge on any atom is -0.459 e. The highest BCUT2D eigenvalue weighted by atomic mass is 32.2. The van der Waals surface area contributed by atoms with E-state index in [9.17, 15) is 9.59 Å². The molecular formula is C20H28N4O3S2. The van der Waals surface area contributed by atoms with Gasteiger partial charge in [-0.05, 0) is 55.9 Å². The Morgan fingerprint density at radius 3 is 3.07 bits per heavy atom. The van der Waals surface area contributed by atoms with Gasteiger partial charge in [-0.1, -0.05) is 6.92 Å². The second kappa shape index (κ2) is 10.8. The summed E-state index contributed by atoms with van der Waals surface area (Å²) in [5.74, 6) is 1.02. The predicted octanol–water partition coefficient (Wildman–Crippen LogP) is 3.46. The topological polar surface area (TPSA) is 87.5 Å². The Morgan fingerprint density at radius 1 is 1.48 bits per heavy atom. The van der Waals surface area contributed by atoms with Gasteiger partial charge in [-0.15, -0.1) is 11.3 Å². The van der Waals surface area contributed by atoms with E-state index in [0.717, 1.165) is 37.0 Å². The molecule has 7 nitrogen and oxygen atoms in total. The number of likely N-dealkylation sites (tertiary alicyclic amines) is 1. The summed E-state index contributed by atoms with van der Waals surface area (Å²) in [7, 11) is 0. The van der Waals surface area contributed by atoms with E-state index in [0.29, 0.717) is 11.6 Å². The number of thiazole rings is 1. The average molecular weight is 437 g/mol. The van der Waals surface area contributed by atoms with Crippen LogP contribution in [0.2, 0.25) is 0 Å². The molecule has 3 heterocycles. The molecule has 0 radical (unpaired) electrons. The van der Waals surface area contributed by atoms with E-state index in [2.05, 4.69) is 27.4 Å². The number of nitrogens with zero attached hydrogens (tertiary/aromatic N) is 2. The Balaban J connectivity index is 1.57. The zero-order valence-corrected chi connectivity index (χ0v) is 18.5. The van der Waals surface area contributed by atoms with Gasteiger partial charge < -0.3 is 15.1 Å². The van der Waals surface area contributed by atoms with E-state index < -0.39 is 11.9 Å². The Labute approximate surface area is 179 Å². The summed E-state index contributed by atoms with van der Waals surface area (Å²) in [6.45, 7) is 5.28. The maximum atomic E-state index is 12.8. The highest BCUT2D eigenvalue weighted by molar-refractivity contribution is 7.98. The van der Waals surface area contributed by atoms with Gasteiger partial charge in [0.25, 0.3) is 5.91 Å². The standard InChI is InChI=1S/C20H28N4O3S2/c1-14-5-3-8-24(11-14)12-15-13-29-20(21-15)23-18(25)16(7-10-28-2)22-19(26)17-6-4-9-27-17/h4,6,9,13-14,16H,3,5,7-8,10-12H2,1-2H3,(H,22,26)(H,21,23,25)/t14-,16+/m1/s1. The molecule has 1 aliphatic heterocycles. The molecule has 158 valence electrons. The van der Waals surface area contributed by atoms with Crippen LogP contribution in [0.25, 0.3) is 0 Å². The molecule has 2 amide bonds. The molecule has 2 atom stereocenters. The van der Waals surface area contributed by atoms with Crippen LogP contribution in [0.5, 0.6) is 0 Å². The van der Waals surface area contributed by atoms with Crippen LogP contribution in [0.15, 0.2) is 28.2 Å². The molecule has 0 aromatic carbocycles. The number of hydrogen-bond acceptors (Lipinski definition) is 7. The number of amides is 2. The van der Waals surface area contributed by atoms with Gasteiger partial charge in [0.15, 0.2) is 10.9 Å². The molecule has 2 aromatic rings. The summed E-state index contributed by atoms with van der Waals surface area (Å²) in [6.07, 6.45) is 6.45. The molecule has 0 bridgehead atoms. The average Bonchev–Trinajstić information content (AvgIpc) is 3.37. The third kappa shape index (κ3) is 6.58. The number of furan rings is 1. The molecule has 2 N–H and O–H groups in total. The Morgan fingerprint density at radius 2 is 2.34 bits per heavy atom. The van der Waals surface area contributed by atoms with E-state index in [1.807, 2.05) is 11.6 Å². The zero-order valence-electron chi connectivity index (χ0n) is 16.8. The van der Waals surface area contributed by atoms with Crippen LogP contribution < -0.4 is 10.6 Å². The number of carbonyl (C=O) groups excluding carboxylic acids is 2. The molecule has 29 heavy (non-hydrogen) atoms. The summed E-state index contributed by atoms with van der Waals surface area (Å²) in [5, 5.41) is 8.18. The lowest BCUT2D eigenvalue weighted by Gasteiger charge is -2.30. The molecule has 0 aliphatic carbocycles. The van der Waals surface area contributed by atoms with Crippen molar-refractivity contribution in [3.05, 3.63) is 35.2 Å². The molecule has 1 saturated heterocycles. The first-order chi connectivity index (χ1) is 14.0. The minimum atomic E-state index is -0.643. The van der Waals surface area contributed by atoms with Gasteiger partial charge in [0.2, 0.25) is 5.91 Å². The van der Waals surface area contributed by atoms with Crippen molar-refractivity contribution in [1.82, 2.24) is 15.2 Å². The number of piperidine rings is 1. The fourth-order valence-electron chi connectivity index (χ4n) is 3.43. The van der Waals surface area contributed by atoms with Gasteiger partial charge in [-0.3, -0.25) is 14.5 Å². The number of hydrogen-bond donors (Lipinski definition) is 2. The van der Waals surface area contributed by atoms with Gasteiger partial charge in [-0.2, -0.15) is 11.8 Å². The SMILES string of the molecule is CSCC[C@H](NC(=O)c1ccco1)C(=O)Nc1nc(CN2CCC[C@@H](C)C2)cs1. The van der Waals surface area contributed by atoms with E-state index in [4.69, 9.17) is 4.42 Å². The van der Waals surface area contributed by atoms with Crippen molar-refractivity contribution in [2.75, 3.05) is 30.4 Å². The lowest BCUT2D eigenvalue weighted by Crippen LogP contribution is -2.44. The van der Waals surface area contributed by atoms with Gasteiger partial charge >= 0.3 is 0 Å². The fraction of sp³-hybridized carbons (Fsp3) is 0.550. The normalized spacial score (nSPS) is 18.3. The van der Waals surface area contributed by atoms with Crippen molar-refractivity contribution in [3.8, 4) is 0 Å². The number of aromatic nitrogens is 1. The first kappa shape index (κ1) is 21.9. The number of rotatable bonds is 9. The minimum absolute atomic E-state index is 0.194. The first-order valence-corrected chi connectivity index (χ1v) is 12.1. The largest absolute Gasteiger partial charge is 0.459 e. The molecular weight excluding hydrogens is 408 g/mol. The van der Waals surface area contributed by atoms with Gasteiger partial charge in [0.05, 0.1) is 12.0 Å². The molecule has 3 rings (SSSR count). The maximum Gasteiger partial charge on any atom is 0.287 e. The van der Waals surface area contributed by atoms with Crippen LogP contribution in [0.1, 0.15) is 42.4 Å². The Kier molecular flexibility index (Phi) is 8.14. The summed E-state index contributed by atoms with van der Waals surface area (Å²) in [4.78, 5) is 32.0. The summed E-state index contributed by atoms with van der Waals surface area (Å²) in [5.41, 5.74) is 0.972. The second-order valence-corrected chi connectivity index (χ2v) is 9.24. The van der Waals surface area contributed by atoms with Crippen LogP contribution >= 0.6 is 23.1 Å². The van der Waals surface area contributed by atoms with Crippen LogP contribution in [-0.4, -0.2) is 52.8 Å². The number of anilines is 1. The fourth-order valence-corrected chi connectivity index (χ4v) is 4.61. The summed E-state index contributed by atoms with van der Waals surface area (Å²) < 4.78 is 5.12. The molecule has 0 unspecified atom stereocenters. The molecule has 1 fully saturated rings. The van der Waals surface area contributed by atoms with Gasteiger partial charge in [0.1, 0.15) is 6.04 Å². The first-order valence-electron chi connectivity index (χ1n) is 9.86. The molecule has 0 saturated carbocycles. The van der Waals surface area contributed by atoms with Crippen molar-refractivity contribution >= 4 is 40.0 Å². The quantitative estimate of drug-likeness (QED) is 0.626. The van der Waals surface area contributed by atoms with Crippen LogP contribution in [0, 0.1) is 5.92 Å². The number of nitrogens with one attached hydrogen (secondary N) is 2. The van der Waals surface area contributed by atoms with Crippen molar-refractivity contribution < 1.29 is 14.0 Å². The molecule has 1 aliphatic rings. The molecule has 9 heteroatoms. The maximum absolute atomic E-state index is 12.8. The number of carbonyl (C=O) groups is 2. The van der Waals surface area contributed by atoms with E-state index in [1.165, 1.54) is 30.4 Å². The molecule has 0 spiro atoms. The monoisotopic (exact) mass is 436 g/mol. The Hall–Kier alpha value is -1.84. The van der Waals surface area contributed by atoms with Crippen LogP contribution in [0.4, 0.5) is 5.13 Å². The van der Waals surface area contributed by atoms with Crippen molar-refractivity contribution in [2.24, 2.45) is 5.92 Å². The summed E-state index contributed by atoms with van der Waals surface area (Å²) >= 11 is 3.05. The number of thioether (sulfide) groups is 1. The third-order valence-corrected chi connectivity index (χ3v) is 6.34. The molecule has 2 aromatic heterocycles. The smallest absolute Gasteiger partial charge is 0.287 e. The lowest BCUT2D eigenvalue weighted by molar-refractivity contribution is -0.118. The Bertz CT molecular complexity index is 794.